The second-order valence-corrected chi connectivity index (χ2v) is 4.51. The number of halogens is 3. The Hall–Kier alpha value is -2.70. The molecule has 2 N–H and O–H groups in total. The van der Waals surface area contributed by atoms with E-state index in [9.17, 15) is 23.1 Å². The number of aromatic hydroxyl groups is 1. The molecule has 3 aromatic rings. The molecule has 0 amide bonds. The zero-order chi connectivity index (χ0) is 15.2. The summed E-state index contributed by atoms with van der Waals surface area (Å²) in [4.78, 5) is 14.3. The summed E-state index contributed by atoms with van der Waals surface area (Å²) in [7, 11) is 0. The minimum absolute atomic E-state index is 0.0333. The molecule has 1 aromatic heterocycles. The van der Waals surface area contributed by atoms with E-state index in [4.69, 9.17) is 0 Å². The number of phenols is 1. The predicted octanol–water partition coefficient (Wildman–Crippen LogP) is 3.04. The maximum Gasteiger partial charge on any atom is 0.416 e. The molecule has 1 heterocycles. The standard InChI is InChI=1S/C14H9F3N2O2/c15-14(16,17)8-1-6-12-11(7-8)18-13(21)19(12)9-2-4-10(20)5-3-9/h1-7,20H,(H,18,21). The summed E-state index contributed by atoms with van der Waals surface area (Å²) in [6.45, 7) is 0. The van der Waals surface area contributed by atoms with Crippen LogP contribution in [0.1, 0.15) is 5.56 Å². The van der Waals surface area contributed by atoms with E-state index in [0.29, 0.717) is 11.2 Å². The average molecular weight is 294 g/mol. The van der Waals surface area contributed by atoms with E-state index in [2.05, 4.69) is 4.98 Å². The first kappa shape index (κ1) is 13.3. The fraction of sp³-hybridized carbons (Fsp3) is 0.0714. The molecule has 3 rings (SSSR count). The number of aromatic amines is 1. The van der Waals surface area contributed by atoms with Crippen molar-refractivity contribution in [2.24, 2.45) is 0 Å². The van der Waals surface area contributed by atoms with Crippen molar-refractivity contribution in [2.45, 2.75) is 6.18 Å². The van der Waals surface area contributed by atoms with E-state index in [0.717, 1.165) is 12.1 Å². The number of nitrogens with zero attached hydrogens (tertiary/aromatic N) is 1. The van der Waals surface area contributed by atoms with Crippen LogP contribution in [0.4, 0.5) is 13.2 Å². The molecule has 0 fully saturated rings. The SMILES string of the molecule is O=c1[nH]c2cc(C(F)(F)F)ccc2n1-c1ccc(O)cc1. The number of H-pyrrole nitrogens is 1. The first-order valence-electron chi connectivity index (χ1n) is 5.97. The maximum absolute atomic E-state index is 12.7. The smallest absolute Gasteiger partial charge is 0.416 e. The van der Waals surface area contributed by atoms with Gasteiger partial charge in [-0.05, 0) is 42.5 Å². The van der Waals surface area contributed by atoms with Gasteiger partial charge in [0.2, 0.25) is 0 Å². The quantitative estimate of drug-likeness (QED) is 0.724. The second-order valence-electron chi connectivity index (χ2n) is 4.51. The van der Waals surface area contributed by atoms with Gasteiger partial charge in [-0.2, -0.15) is 13.2 Å². The third kappa shape index (κ3) is 2.26. The average Bonchev–Trinajstić information content (AvgIpc) is 2.74. The number of hydrogen-bond donors (Lipinski definition) is 2. The Kier molecular flexibility index (Phi) is 2.79. The monoisotopic (exact) mass is 294 g/mol. The number of imidazole rings is 1. The molecule has 0 bridgehead atoms. The van der Waals surface area contributed by atoms with Crippen LogP contribution in [0.15, 0.2) is 47.3 Å². The van der Waals surface area contributed by atoms with Gasteiger partial charge < -0.3 is 10.1 Å². The molecule has 0 saturated carbocycles. The lowest BCUT2D eigenvalue weighted by atomic mass is 10.2. The van der Waals surface area contributed by atoms with Crippen molar-refractivity contribution in [2.75, 3.05) is 0 Å². The molecule has 0 radical (unpaired) electrons. The molecule has 108 valence electrons. The van der Waals surface area contributed by atoms with E-state index >= 15 is 0 Å². The lowest BCUT2D eigenvalue weighted by Crippen LogP contribution is -2.14. The molecule has 4 nitrogen and oxygen atoms in total. The predicted molar refractivity (Wildman–Crippen MR) is 70.6 cm³/mol. The molecule has 2 aromatic carbocycles. The molecule has 0 aliphatic heterocycles. The van der Waals surface area contributed by atoms with Crippen LogP contribution in [0.2, 0.25) is 0 Å². The van der Waals surface area contributed by atoms with E-state index < -0.39 is 17.4 Å². The van der Waals surface area contributed by atoms with E-state index in [1.165, 1.54) is 34.9 Å². The minimum atomic E-state index is -4.47. The third-order valence-corrected chi connectivity index (χ3v) is 3.12. The summed E-state index contributed by atoms with van der Waals surface area (Å²) in [5, 5.41) is 9.24. The Balaban J connectivity index is 2.23. The van der Waals surface area contributed by atoms with Gasteiger partial charge in [0, 0.05) is 0 Å². The van der Waals surface area contributed by atoms with Crippen LogP contribution in [0.5, 0.6) is 5.75 Å². The van der Waals surface area contributed by atoms with Gasteiger partial charge in [-0.25, -0.2) is 4.79 Å². The number of aromatic nitrogens is 2. The van der Waals surface area contributed by atoms with Gasteiger partial charge in [0.1, 0.15) is 5.75 Å². The van der Waals surface area contributed by atoms with Gasteiger partial charge in [-0.3, -0.25) is 4.57 Å². The number of fused-ring (bicyclic) bond motifs is 1. The Morgan fingerprint density at radius 2 is 1.71 bits per heavy atom. The van der Waals surface area contributed by atoms with Crippen LogP contribution in [-0.2, 0) is 6.18 Å². The molecule has 0 aliphatic carbocycles. The minimum Gasteiger partial charge on any atom is -0.508 e. The summed E-state index contributed by atoms with van der Waals surface area (Å²) in [5.74, 6) is 0.0333. The molecule has 0 unspecified atom stereocenters. The summed E-state index contributed by atoms with van der Waals surface area (Å²) in [6.07, 6.45) is -4.47. The lowest BCUT2D eigenvalue weighted by Gasteiger charge is -2.07. The number of rotatable bonds is 1. The number of benzene rings is 2. The summed E-state index contributed by atoms with van der Waals surface area (Å²) < 4.78 is 39.2. The van der Waals surface area contributed by atoms with E-state index in [-0.39, 0.29) is 11.3 Å². The summed E-state index contributed by atoms with van der Waals surface area (Å²) in [5.41, 5.74) is -0.491. The molecular formula is C14H9F3N2O2. The Morgan fingerprint density at radius 3 is 2.33 bits per heavy atom. The molecule has 0 saturated heterocycles. The van der Waals surface area contributed by atoms with Crippen molar-refractivity contribution in [1.29, 1.82) is 0 Å². The van der Waals surface area contributed by atoms with Crippen LogP contribution in [0, 0.1) is 0 Å². The van der Waals surface area contributed by atoms with Gasteiger partial charge >= 0.3 is 11.9 Å². The molecule has 21 heavy (non-hydrogen) atoms. The van der Waals surface area contributed by atoms with Crippen LogP contribution in [0.25, 0.3) is 16.7 Å². The molecular weight excluding hydrogens is 285 g/mol. The van der Waals surface area contributed by atoms with Gasteiger partial charge in [-0.1, -0.05) is 0 Å². The zero-order valence-electron chi connectivity index (χ0n) is 10.5. The van der Waals surface area contributed by atoms with Crippen LogP contribution in [0.3, 0.4) is 0 Å². The van der Waals surface area contributed by atoms with Crippen LogP contribution >= 0.6 is 0 Å². The third-order valence-electron chi connectivity index (χ3n) is 3.12. The Morgan fingerprint density at radius 1 is 1.05 bits per heavy atom. The first-order chi connectivity index (χ1) is 9.86. The zero-order valence-corrected chi connectivity index (χ0v) is 10.5. The fourth-order valence-electron chi connectivity index (χ4n) is 2.15. The number of hydrogen-bond acceptors (Lipinski definition) is 2. The van der Waals surface area contributed by atoms with E-state index in [1.807, 2.05) is 0 Å². The lowest BCUT2D eigenvalue weighted by molar-refractivity contribution is -0.137. The van der Waals surface area contributed by atoms with Crippen LogP contribution < -0.4 is 5.69 Å². The van der Waals surface area contributed by atoms with Gasteiger partial charge in [0.25, 0.3) is 0 Å². The highest BCUT2D eigenvalue weighted by Crippen LogP contribution is 2.31. The normalized spacial score (nSPS) is 12.0. The topological polar surface area (TPSA) is 58.0 Å². The van der Waals surface area contributed by atoms with Crippen molar-refractivity contribution < 1.29 is 18.3 Å². The number of nitrogens with one attached hydrogen (secondary N) is 1. The van der Waals surface area contributed by atoms with Crippen molar-refractivity contribution >= 4 is 11.0 Å². The Labute approximate surface area is 116 Å². The van der Waals surface area contributed by atoms with Crippen molar-refractivity contribution in [3.8, 4) is 11.4 Å². The van der Waals surface area contributed by atoms with Gasteiger partial charge in [0.15, 0.2) is 0 Å². The fourth-order valence-corrected chi connectivity index (χ4v) is 2.15. The molecule has 0 aliphatic rings. The first-order valence-corrected chi connectivity index (χ1v) is 5.97. The Bertz CT molecular complexity index is 861. The van der Waals surface area contributed by atoms with Crippen LogP contribution in [-0.4, -0.2) is 14.7 Å². The van der Waals surface area contributed by atoms with Crippen molar-refractivity contribution in [3.05, 3.63) is 58.5 Å². The molecule has 7 heteroatoms. The number of phenolic OH excluding ortho intramolecular Hbond substituents is 1. The molecule has 0 atom stereocenters. The highest BCUT2D eigenvalue weighted by molar-refractivity contribution is 5.78. The van der Waals surface area contributed by atoms with Gasteiger partial charge in [-0.15, -0.1) is 0 Å². The van der Waals surface area contributed by atoms with E-state index in [1.54, 1.807) is 0 Å². The molecule has 0 spiro atoms. The van der Waals surface area contributed by atoms with Crippen molar-refractivity contribution in [3.63, 3.8) is 0 Å². The maximum atomic E-state index is 12.7. The van der Waals surface area contributed by atoms with Gasteiger partial charge in [0.05, 0.1) is 22.3 Å². The highest BCUT2D eigenvalue weighted by Gasteiger charge is 2.30. The highest BCUT2D eigenvalue weighted by atomic mass is 19.4. The summed E-state index contributed by atoms with van der Waals surface area (Å²) in [6, 6.07) is 8.85. The second kappa shape index (κ2) is 4.41. The van der Waals surface area contributed by atoms with Crippen molar-refractivity contribution in [1.82, 2.24) is 9.55 Å². The number of alkyl halides is 3. The summed E-state index contributed by atoms with van der Waals surface area (Å²) >= 11 is 0. The largest absolute Gasteiger partial charge is 0.508 e.